The van der Waals surface area contributed by atoms with Gasteiger partial charge in [0.1, 0.15) is 17.7 Å². The minimum atomic E-state index is -0.0859. The largest absolute Gasteiger partial charge is 0.349 e. The highest BCUT2D eigenvalue weighted by atomic mass is 32.1. The van der Waals surface area contributed by atoms with Gasteiger partial charge in [0.15, 0.2) is 0 Å². The van der Waals surface area contributed by atoms with E-state index in [1.54, 1.807) is 33.7 Å². The molecule has 0 aliphatic carbocycles. The van der Waals surface area contributed by atoms with Crippen molar-refractivity contribution in [1.29, 1.82) is 0 Å². The number of carbonyl (C=O) groups is 1. The van der Waals surface area contributed by atoms with Crippen LogP contribution in [-0.2, 0) is 11.2 Å². The first-order valence-electron chi connectivity index (χ1n) is 8.40. The topological polar surface area (TPSA) is 72.7 Å². The van der Waals surface area contributed by atoms with E-state index in [-0.39, 0.29) is 18.4 Å². The third-order valence-corrected chi connectivity index (χ3v) is 5.74. The van der Waals surface area contributed by atoms with Gasteiger partial charge in [0, 0.05) is 16.3 Å². The second-order valence-corrected chi connectivity index (χ2v) is 7.69. The highest BCUT2D eigenvalue weighted by Crippen LogP contribution is 2.26. The number of carbonyl (C=O) groups excluding carboxylic acids is 1. The third-order valence-electron chi connectivity index (χ3n) is 4.12. The van der Waals surface area contributed by atoms with Crippen LogP contribution < -0.4 is 5.32 Å². The van der Waals surface area contributed by atoms with E-state index in [0.29, 0.717) is 0 Å². The first kappa shape index (κ1) is 17.6. The molecule has 0 saturated carbocycles. The Hall–Kier alpha value is -2.84. The highest BCUT2D eigenvalue weighted by Gasteiger charge is 2.13. The van der Waals surface area contributed by atoms with Crippen LogP contribution in [0.2, 0.25) is 0 Å². The summed E-state index contributed by atoms with van der Waals surface area (Å²) in [5.74, 6) is -0.0370. The summed E-state index contributed by atoms with van der Waals surface area (Å²) >= 11 is 3.21. The summed E-state index contributed by atoms with van der Waals surface area (Å²) in [5.41, 5.74) is 3.87. The van der Waals surface area contributed by atoms with Crippen LogP contribution in [0.1, 0.15) is 24.2 Å². The lowest BCUT2D eigenvalue weighted by atomic mass is 10.1. The van der Waals surface area contributed by atoms with Crippen molar-refractivity contribution in [3.8, 4) is 16.3 Å². The molecule has 4 rings (SSSR count). The van der Waals surface area contributed by atoms with Gasteiger partial charge in [-0.1, -0.05) is 12.1 Å². The molecular formula is C19H17N5OS2. The Labute approximate surface area is 164 Å². The fourth-order valence-corrected chi connectivity index (χ4v) is 4.24. The van der Waals surface area contributed by atoms with Crippen molar-refractivity contribution >= 4 is 28.6 Å². The second kappa shape index (κ2) is 7.81. The van der Waals surface area contributed by atoms with Crippen molar-refractivity contribution in [3.63, 3.8) is 0 Å². The summed E-state index contributed by atoms with van der Waals surface area (Å²) in [6.45, 7) is 1.97. The van der Waals surface area contributed by atoms with Crippen LogP contribution in [0.4, 0.5) is 0 Å². The van der Waals surface area contributed by atoms with Crippen molar-refractivity contribution < 1.29 is 4.79 Å². The highest BCUT2D eigenvalue weighted by molar-refractivity contribution is 7.14. The van der Waals surface area contributed by atoms with Crippen molar-refractivity contribution in [1.82, 2.24) is 25.1 Å². The molecule has 0 aliphatic rings. The van der Waals surface area contributed by atoms with Crippen LogP contribution in [0.15, 0.2) is 59.1 Å². The van der Waals surface area contributed by atoms with Gasteiger partial charge in [0.2, 0.25) is 5.91 Å². The lowest BCUT2D eigenvalue weighted by molar-refractivity contribution is -0.121. The smallest absolute Gasteiger partial charge is 0.226 e. The summed E-state index contributed by atoms with van der Waals surface area (Å²) in [7, 11) is 0. The van der Waals surface area contributed by atoms with Gasteiger partial charge in [0.25, 0.3) is 0 Å². The Bertz CT molecular complexity index is 1010. The van der Waals surface area contributed by atoms with E-state index >= 15 is 0 Å². The monoisotopic (exact) mass is 395 g/mol. The number of nitrogens with one attached hydrogen (secondary N) is 1. The molecule has 0 unspecified atom stereocenters. The molecule has 1 aromatic carbocycles. The van der Waals surface area contributed by atoms with Gasteiger partial charge in [0.05, 0.1) is 23.8 Å². The fourth-order valence-electron chi connectivity index (χ4n) is 2.70. The van der Waals surface area contributed by atoms with Gasteiger partial charge in [-0.3, -0.25) is 4.79 Å². The lowest BCUT2D eigenvalue weighted by Gasteiger charge is -2.14. The maximum atomic E-state index is 12.4. The first-order valence-corrected chi connectivity index (χ1v) is 10.2. The molecule has 1 N–H and O–H groups in total. The molecule has 0 fully saturated rings. The van der Waals surface area contributed by atoms with Crippen molar-refractivity contribution in [3.05, 3.63) is 70.4 Å². The van der Waals surface area contributed by atoms with Gasteiger partial charge in [-0.05, 0) is 36.1 Å². The van der Waals surface area contributed by atoms with Crippen molar-refractivity contribution in [2.24, 2.45) is 0 Å². The summed E-state index contributed by atoms with van der Waals surface area (Å²) in [6, 6.07) is 9.84. The van der Waals surface area contributed by atoms with Crippen LogP contribution in [0.3, 0.4) is 0 Å². The Morgan fingerprint density at radius 3 is 2.78 bits per heavy atom. The van der Waals surface area contributed by atoms with Crippen LogP contribution in [0.5, 0.6) is 0 Å². The molecule has 0 aliphatic heterocycles. The van der Waals surface area contributed by atoms with Crippen LogP contribution in [0, 0.1) is 0 Å². The number of benzene rings is 1. The summed E-state index contributed by atoms with van der Waals surface area (Å²) in [6.07, 6.45) is 3.43. The molecule has 27 heavy (non-hydrogen) atoms. The van der Waals surface area contributed by atoms with Crippen molar-refractivity contribution in [2.75, 3.05) is 0 Å². The zero-order chi connectivity index (χ0) is 18.6. The third kappa shape index (κ3) is 4.12. The molecule has 3 heterocycles. The molecule has 1 amide bonds. The molecule has 136 valence electrons. The zero-order valence-corrected chi connectivity index (χ0v) is 16.2. The van der Waals surface area contributed by atoms with Crippen LogP contribution >= 0.6 is 22.7 Å². The van der Waals surface area contributed by atoms with E-state index in [0.717, 1.165) is 27.5 Å². The fraction of sp³-hybridized carbons (Fsp3) is 0.158. The number of thiazole rings is 1. The molecular weight excluding hydrogens is 378 g/mol. The number of aromatic nitrogens is 4. The van der Waals surface area contributed by atoms with E-state index in [1.165, 1.54) is 6.33 Å². The van der Waals surface area contributed by atoms with Crippen LogP contribution in [-0.4, -0.2) is 25.7 Å². The Balaban J connectivity index is 1.36. The van der Waals surface area contributed by atoms with Gasteiger partial charge in [-0.2, -0.15) is 16.4 Å². The van der Waals surface area contributed by atoms with E-state index < -0.39 is 0 Å². The minimum Gasteiger partial charge on any atom is -0.349 e. The summed E-state index contributed by atoms with van der Waals surface area (Å²) in [4.78, 5) is 20.9. The van der Waals surface area contributed by atoms with Gasteiger partial charge in [-0.25, -0.2) is 14.6 Å². The molecule has 0 saturated heterocycles. The number of nitrogens with zero attached hydrogens (tertiary/aromatic N) is 4. The lowest BCUT2D eigenvalue weighted by Crippen LogP contribution is -2.28. The summed E-state index contributed by atoms with van der Waals surface area (Å²) < 4.78 is 1.69. The number of rotatable bonds is 6. The minimum absolute atomic E-state index is 0.0370. The molecule has 0 bridgehead atoms. The molecule has 0 spiro atoms. The Kier molecular flexibility index (Phi) is 5.08. The summed E-state index contributed by atoms with van der Waals surface area (Å²) in [5, 5.41) is 14.1. The predicted octanol–water partition coefficient (Wildman–Crippen LogP) is 3.87. The SMILES string of the molecule is C[C@H](NC(=O)Cc1csc(-c2ccsc2)n1)c1ccc(-n2cncn2)cc1. The first-order chi connectivity index (χ1) is 13.2. The number of hydrogen-bond acceptors (Lipinski definition) is 6. The normalized spacial score (nSPS) is 12.0. The molecule has 0 radical (unpaired) electrons. The standard InChI is InChI=1S/C19H17N5OS2/c1-13(14-2-4-17(5-3-14)24-12-20-11-21-24)22-18(25)8-16-10-27-19(23-16)15-6-7-26-9-15/h2-7,9-13H,8H2,1H3,(H,22,25)/t13-/m0/s1. The average molecular weight is 396 g/mol. The van der Waals surface area contributed by atoms with Gasteiger partial charge in [-0.15, -0.1) is 11.3 Å². The van der Waals surface area contributed by atoms with Crippen LogP contribution in [0.25, 0.3) is 16.3 Å². The average Bonchev–Trinajstić information content (AvgIpc) is 3.43. The quantitative estimate of drug-likeness (QED) is 0.538. The van der Waals surface area contributed by atoms with E-state index in [4.69, 9.17) is 0 Å². The number of hydrogen-bond donors (Lipinski definition) is 1. The van der Waals surface area contributed by atoms with E-state index in [2.05, 4.69) is 25.8 Å². The molecule has 4 aromatic rings. The number of thiophene rings is 1. The van der Waals surface area contributed by atoms with Crippen molar-refractivity contribution in [2.45, 2.75) is 19.4 Å². The van der Waals surface area contributed by atoms with E-state index in [9.17, 15) is 4.79 Å². The van der Waals surface area contributed by atoms with E-state index in [1.807, 2.05) is 48.0 Å². The van der Waals surface area contributed by atoms with Gasteiger partial charge >= 0.3 is 0 Å². The Morgan fingerprint density at radius 1 is 1.22 bits per heavy atom. The molecule has 3 aromatic heterocycles. The maximum absolute atomic E-state index is 12.4. The van der Waals surface area contributed by atoms with Gasteiger partial charge < -0.3 is 5.32 Å². The molecule has 6 nitrogen and oxygen atoms in total. The second-order valence-electron chi connectivity index (χ2n) is 6.05. The zero-order valence-electron chi connectivity index (χ0n) is 14.6. The molecule has 8 heteroatoms. The Morgan fingerprint density at radius 2 is 2.07 bits per heavy atom. The predicted molar refractivity (Wildman–Crippen MR) is 107 cm³/mol. The maximum Gasteiger partial charge on any atom is 0.226 e. The number of amides is 1. The molecule has 1 atom stereocenters.